The molecular formula is C14H23N3O3S. The van der Waals surface area contributed by atoms with Crippen LogP contribution in [0.5, 0.6) is 0 Å². The van der Waals surface area contributed by atoms with Crippen LogP contribution in [0.3, 0.4) is 0 Å². The van der Waals surface area contributed by atoms with Gasteiger partial charge in [-0.1, -0.05) is 27.7 Å². The number of rotatable bonds is 4. The van der Waals surface area contributed by atoms with Crippen LogP contribution in [0, 0.1) is 16.7 Å². The summed E-state index contributed by atoms with van der Waals surface area (Å²) in [6, 6.07) is 0.0611. The maximum absolute atomic E-state index is 12.2. The first-order valence-corrected chi connectivity index (χ1v) is 8.50. The summed E-state index contributed by atoms with van der Waals surface area (Å²) in [4.78, 5) is 12.3. The molecule has 1 fully saturated rings. The molecule has 118 valence electrons. The first-order chi connectivity index (χ1) is 9.41. The summed E-state index contributed by atoms with van der Waals surface area (Å²) in [5.74, 6) is -0.748. The van der Waals surface area contributed by atoms with E-state index >= 15 is 0 Å². The topological polar surface area (TPSA) is 81.1 Å². The van der Waals surface area contributed by atoms with Crippen molar-refractivity contribution in [1.82, 2.24) is 14.5 Å². The molecule has 1 aliphatic carbocycles. The molecule has 0 aliphatic heterocycles. The Morgan fingerprint density at radius 1 is 1.29 bits per heavy atom. The van der Waals surface area contributed by atoms with Crippen molar-refractivity contribution in [2.75, 3.05) is 0 Å². The third kappa shape index (κ3) is 2.47. The number of carbonyl (C=O) groups is 1. The van der Waals surface area contributed by atoms with Gasteiger partial charge < -0.3 is 0 Å². The van der Waals surface area contributed by atoms with Gasteiger partial charge in [-0.05, 0) is 24.7 Å². The van der Waals surface area contributed by atoms with Crippen molar-refractivity contribution >= 4 is 15.9 Å². The molecule has 21 heavy (non-hydrogen) atoms. The number of amides is 1. The molecular weight excluding hydrogens is 290 g/mol. The summed E-state index contributed by atoms with van der Waals surface area (Å²) in [5, 5.41) is 3.99. The summed E-state index contributed by atoms with van der Waals surface area (Å²) in [5.41, 5.74) is -0.399. The highest BCUT2D eigenvalue weighted by Gasteiger charge is 2.68. The molecule has 7 heteroatoms. The number of sulfonamides is 1. The zero-order valence-corrected chi connectivity index (χ0v) is 14.2. The molecule has 1 N–H and O–H groups in total. The van der Waals surface area contributed by atoms with Crippen LogP contribution in [0.1, 0.15) is 47.6 Å². The Bertz CT molecular complexity index is 657. The van der Waals surface area contributed by atoms with Gasteiger partial charge in [0.1, 0.15) is 4.90 Å². The van der Waals surface area contributed by atoms with Crippen molar-refractivity contribution in [3.8, 4) is 0 Å². The van der Waals surface area contributed by atoms with Crippen molar-refractivity contribution < 1.29 is 13.2 Å². The third-order valence-electron chi connectivity index (χ3n) is 4.94. The van der Waals surface area contributed by atoms with E-state index in [0.717, 1.165) is 0 Å². The van der Waals surface area contributed by atoms with E-state index in [1.165, 1.54) is 12.4 Å². The number of nitrogens with zero attached hydrogens (tertiary/aromatic N) is 2. The molecule has 1 aromatic heterocycles. The second kappa shape index (κ2) is 4.56. The lowest BCUT2D eigenvalue weighted by atomic mass is 10.0. The van der Waals surface area contributed by atoms with Gasteiger partial charge in [-0.15, -0.1) is 0 Å². The minimum atomic E-state index is -3.86. The highest BCUT2D eigenvalue weighted by atomic mass is 32.2. The summed E-state index contributed by atoms with van der Waals surface area (Å²) in [7, 11) is -3.86. The first kappa shape index (κ1) is 16.0. The average Bonchev–Trinajstić information content (AvgIpc) is 2.69. The maximum Gasteiger partial charge on any atom is 0.267 e. The van der Waals surface area contributed by atoms with Crippen molar-refractivity contribution in [1.29, 1.82) is 0 Å². The SMILES string of the molecule is CC(C)n1cc(S(=O)(=O)NC(=O)C2C(C)(C)C2(C)C)cn1. The zero-order chi connectivity index (χ0) is 16.2. The lowest BCUT2D eigenvalue weighted by molar-refractivity contribution is -0.121. The molecule has 0 bridgehead atoms. The molecule has 0 unspecified atom stereocenters. The van der Waals surface area contributed by atoms with Crippen molar-refractivity contribution in [2.24, 2.45) is 16.7 Å². The smallest absolute Gasteiger partial charge is 0.267 e. The molecule has 2 rings (SSSR count). The molecule has 0 spiro atoms. The standard InChI is InChI=1S/C14H23N3O3S/c1-9(2)17-8-10(7-15-17)21(19,20)16-12(18)11-13(3,4)14(11,5)6/h7-9,11H,1-6H3,(H,16,18). The van der Waals surface area contributed by atoms with Crippen LogP contribution < -0.4 is 4.72 Å². The van der Waals surface area contributed by atoms with Gasteiger partial charge in [0, 0.05) is 12.2 Å². The second-order valence-electron chi connectivity index (χ2n) is 7.10. The molecule has 1 saturated carbocycles. The quantitative estimate of drug-likeness (QED) is 0.921. The van der Waals surface area contributed by atoms with Crippen LogP contribution in [-0.2, 0) is 14.8 Å². The van der Waals surface area contributed by atoms with Gasteiger partial charge in [0.05, 0.1) is 12.1 Å². The predicted octanol–water partition coefficient (Wildman–Crippen LogP) is 1.95. The lowest BCUT2D eigenvalue weighted by Gasteiger charge is -2.06. The Labute approximate surface area is 126 Å². The van der Waals surface area contributed by atoms with Crippen molar-refractivity contribution in [3.05, 3.63) is 12.4 Å². The minimum absolute atomic E-state index is 0.0146. The molecule has 0 atom stereocenters. The fraction of sp³-hybridized carbons (Fsp3) is 0.714. The van der Waals surface area contributed by atoms with Crippen molar-refractivity contribution in [2.45, 2.75) is 52.5 Å². The third-order valence-corrected chi connectivity index (χ3v) is 6.24. The number of carbonyl (C=O) groups excluding carboxylic acids is 1. The van der Waals surface area contributed by atoms with Gasteiger partial charge in [0.25, 0.3) is 10.0 Å². The Hall–Kier alpha value is -1.37. The van der Waals surface area contributed by atoms with E-state index < -0.39 is 15.9 Å². The molecule has 0 saturated heterocycles. The largest absolute Gasteiger partial charge is 0.274 e. The number of hydrogen-bond acceptors (Lipinski definition) is 4. The lowest BCUT2D eigenvalue weighted by Crippen LogP contribution is -2.33. The maximum atomic E-state index is 12.2. The summed E-state index contributed by atoms with van der Waals surface area (Å²) >= 11 is 0. The highest BCUT2D eigenvalue weighted by molar-refractivity contribution is 7.90. The minimum Gasteiger partial charge on any atom is -0.274 e. The Morgan fingerprint density at radius 2 is 1.81 bits per heavy atom. The van der Waals surface area contributed by atoms with Gasteiger partial charge in [-0.3, -0.25) is 9.48 Å². The average molecular weight is 313 g/mol. The normalized spacial score (nSPS) is 20.5. The Morgan fingerprint density at radius 3 is 2.19 bits per heavy atom. The monoisotopic (exact) mass is 313 g/mol. The molecule has 1 heterocycles. The van der Waals surface area contributed by atoms with E-state index in [1.807, 2.05) is 41.5 Å². The van der Waals surface area contributed by atoms with E-state index in [2.05, 4.69) is 9.82 Å². The molecule has 1 aromatic rings. The van der Waals surface area contributed by atoms with Gasteiger partial charge in [-0.2, -0.15) is 5.10 Å². The van der Waals surface area contributed by atoms with E-state index in [4.69, 9.17) is 0 Å². The fourth-order valence-electron chi connectivity index (χ4n) is 2.84. The number of hydrogen-bond donors (Lipinski definition) is 1. The van der Waals surface area contributed by atoms with Crippen LogP contribution in [0.15, 0.2) is 17.3 Å². The number of aromatic nitrogens is 2. The number of nitrogens with one attached hydrogen (secondary N) is 1. The summed E-state index contributed by atoms with van der Waals surface area (Å²) in [6.45, 7) is 11.7. The summed E-state index contributed by atoms with van der Waals surface area (Å²) in [6.07, 6.45) is 2.70. The van der Waals surface area contributed by atoms with Gasteiger partial charge >= 0.3 is 0 Å². The zero-order valence-electron chi connectivity index (χ0n) is 13.3. The molecule has 1 amide bonds. The van der Waals surface area contributed by atoms with Crippen LogP contribution in [-0.4, -0.2) is 24.1 Å². The van der Waals surface area contributed by atoms with E-state index in [1.54, 1.807) is 4.68 Å². The fourth-order valence-corrected chi connectivity index (χ4v) is 3.78. The predicted molar refractivity (Wildman–Crippen MR) is 79.0 cm³/mol. The first-order valence-electron chi connectivity index (χ1n) is 7.02. The van der Waals surface area contributed by atoms with E-state index in [9.17, 15) is 13.2 Å². The van der Waals surface area contributed by atoms with Crippen LogP contribution in [0.4, 0.5) is 0 Å². The van der Waals surface area contributed by atoms with Gasteiger partial charge in [0.2, 0.25) is 5.91 Å². The molecule has 0 aromatic carbocycles. The van der Waals surface area contributed by atoms with Gasteiger partial charge in [0.15, 0.2) is 0 Å². The van der Waals surface area contributed by atoms with Crippen LogP contribution >= 0.6 is 0 Å². The highest BCUT2D eigenvalue weighted by Crippen LogP contribution is 2.68. The van der Waals surface area contributed by atoms with Crippen LogP contribution in [0.2, 0.25) is 0 Å². The Balaban J connectivity index is 2.17. The van der Waals surface area contributed by atoms with E-state index in [-0.39, 0.29) is 27.7 Å². The molecule has 1 aliphatic rings. The van der Waals surface area contributed by atoms with Crippen LogP contribution in [0.25, 0.3) is 0 Å². The van der Waals surface area contributed by atoms with E-state index in [0.29, 0.717) is 0 Å². The second-order valence-corrected chi connectivity index (χ2v) is 8.78. The molecule has 6 nitrogen and oxygen atoms in total. The molecule has 0 radical (unpaired) electrons. The van der Waals surface area contributed by atoms with Gasteiger partial charge in [-0.25, -0.2) is 13.1 Å². The Kier molecular flexibility index (Phi) is 3.48. The van der Waals surface area contributed by atoms with Crippen molar-refractivity contribution in [3.63, 3.8) is 0 Å². The summed E-state index contributed by atoms with van der Waals surface area (Å²) < 4.78 is 28.2.